The molecule has 2 aliphatic heterocycles. The molecule has 132 valence electrons. The van der Waals surface area contributed by atoms with Crippen LogP contribution in [0, 0.1) is 5.82 Å². The molecule has 2 fully saturated rings. The minimum atomic E-state index is -0.512. The van der Waals surface area contributed by atoms with Crippen LogP contribution in [-0.2, 0) is 15.9 Å². The number of hydrogen-bond donors (Lipinski definition) is 0. The van der Waals surface area contributed by atoms with Crippen LogP contribution in [0.15, 0.2) is 18.2 Å². The van der Waals surface area contributed by atoms with Gasteiger partial charge in [0.15, 0.2) is 0 Å². The molecule has 24 heavy (non-hydrogen) atoms. The van der Waals surface area contributed by atoms with Gasteiger partial charge in [-0.1, -0.05) is 12.1 Å². The standard InChI is InChI=1S/C18H28BFN2O2/c1-17(2)18(3,4)24-19(23-17)15-7-6-14(16(20)12-15)13-22-10-8-21(5)9-11-22/h6-7,12H,8-11,13H2,1-5H3. The van der Waals surface area contributed by atoms with E-state index < -0.39 is 18.3 Å². The third kappa shape index (κ3) is 3.52. The van der Waals surface area contributed by atoms with E-state index in [4.69, 9.17) is 9.31 Å². The number of rotatable bonds is 3. The Kier molecular flexibility index (Phi) is 4.77. The Labute approximate surface area is 145 Å². The summed E-state index contributed by atoms with van der Waals surface area (Å²) in [6.07, 6.45) is 0. The van der Waals surface area contributed by atoms with Crippen LogP contribution in [0.25, 0.3) is 0 Å². The van der Waals surface area contributed by atoms with Gasteiger partial charge in [0.2, 0.25) is 0 Å². The molecular weight excluding hydrogens is 306 g/mol. The summed E-state index contributed by atoms with van der Waals surface area (Å²) in [5, 5.41) is 0. The van der Waals surface area contributed by atoms with Crippen LogP contribution in [0.5, 0.6) is 0 Å². The van der Waals surface area contributed by atoms with Crippen LogP contribution < -0.4 is 5.46 Å². The Morgan fingerprint density at radius 3 is 2.17 bits per heavy atom. The van der Waals surface area contributed by atoms with E-state index in [0.717, 1.165) is 37.2 Å². The van der Waals surface area contributed by atoms with Crippen molar-refractivity contribution in [2.45, 2.75) is 45.4 Å². The topological polar surface area (TPSA) is 24.9 Å². The average Bonchev–Trinajstić information content (AvgIpc) is 2.72. The molecule has 1 aromatic carbocycles. The summed E-state index contributed by atoms with van der Waals surface area (Å²) in [4.78, 5) is 4.60. The van der Waals surface area contributed by atoms with Crippen molar-refractivity contribution in [3.63, 3.8) is 0 Å². The lowest BCUT2D eigenvalue weighted by Gasteiger charge is -2.32. The van der Waals surface area contributed by atoms with Crippen molar-refractivity contribution in [2.24, 2.45) is 0 Å². The Balaban J connectivity index is 1.69. The molecule has 2 aliphatic rings. The van der Waals surface area contributed by atoms with Gasteiger partial charge in [-0.25, -0.2) is 4.39 Å². The molecule has 0 radical (unpaired) electrons. The summed E-state index contributed by atoms with van der Waals surface area (Å²) in [6, 6.07) is 5.36. The fraction of sp³-hybridized carbons (Fsp3) is 0.667. The Morgan fingerprint density at radius 1 is 1.04 bits per heavy atom. The predicted octanol–water partition coefficient (Wildman–Crippen LogP) is 1.87. The van der Waals surface area contributed by atoms with Gasteiger partial charge in [-0.2, -0.15) is 0 Å². The molecule has 0 aromatic heterocycles. The van der Waals surface area contributed by atoms with Crippen molar-refractivity contribution in [1.29, 1.82) is 0 Å². The lowest BCUT2D eigenvalue weighted by molar-refractivity contribution is 0.00578. The fourth-order valence-corrected chi connectivity index (χ4v) is 3.06. The summed E-state index contributed by atoms with van der Waals surface area (Å²) in [6.45, 7) is 12.7. The lowest BCUT2D eigenvalue weighted by Crippen LogP contribution is -2.44. The van der Waals surface area contributed by atoms with Crippen LogP contribution in [-0.4, -0.2) is 61.3 Å². The first-order valence-corrected chi connectivity index (χ1v) is 8.73. The van der Waals surface area contributed by atoms with E-state index in [1.807, 2.05) is 39.8 Å². The number of halogens is 1. The minimum Gasteiger partial charge on any atom is -0.399 e. The van der Waals surface area contributed by atoms with Gasteiger partial charge >= 0.3 is 7.12 Å². The SMILES string of the molecule is CN1CCN(Cc2ccc(B3OC(C)(C)C(C)(C)O3)cc2F)CC1. The smallest absolute Gasteiger partial charge is 0.399 e. The molecule has 0 bridgehead atoms. The van der Waals surface area contributed by atoms with E-state index in [2.05, 4.69) is 16.8 Å². The van der Waals surface area contributed by atoms with Gasteiger partial charge < -0.3 is 14.2 Å². The summed E-state index contributed by atoms with van der Waals surface area (Å²) in [5.41, 5.74) is 0.660. The zero-order valence-corrected chi connectivity index (χ0v) is 15.4. The number of hydrogen-bond acceptors (Lipinski definition) is 4. The zero-order chi connectivity index (χ0) is 17.5. The molecule has 1 aromatic rings. The van der Waals surface area contributed by atoms with Gasteiger partial charge in [-0.15, -0.1) is 0 Å². The molecule has 0 saturated carbocycles. The first kappa shape index (κ1) is 17.9. The molecule has 0 unspecified atom stereocenters. The second kappa shape index (κ2) is 6.41. The maximum atomic E-state index is 14.6. The fourth-order valence-electron chi connectivity index (χ4n) is 3.06. The van der Waals surface area contributed by atoms with Crippen molar-refractivity contribution in [3.8, 4) is 0 Å². The van der Waals surface area contributed by atoms with E-state index >= 15 is 0 Å². The van der Waals surface area contributed by atoms with Crippen molar-refractivity contribution in [2.75, 3.05) is 33.2 Å². The third-order valence-corrected chi connectivity index (χ3v) is 5.59. The van der Waals surface area contributed by atoms with Crippen LogP contribution in [0.1, 0.15) is 33.3 Å². The lowest BCUT2D eigenvalue weighted by atomic mass is 9.78. The zero-order valence-electron chi connectivity index (χ0n) is 15.4. The van der Waals surface area contributed by atoms with Gasteiger partial charge in [0.1, 0.15) is 5.82 Å². The summed E-state index contributed by atoms with van der Waals surface area (Å²) in [5.74, 6) is -0.179. The molecule has 0 N–H and O–H groups in total. The maximum absolute atomic E-state index is 14.6. The predicted molar refractivity (Wildman–Crippen MR) is 94.9 cm³/mol. The van der Waals surface area contributed by atoms with Gasteiger partial charge in [0.25, 0.3) is 0 Å². The normalized spacial score (nSPS) is 24.5. The molecular formula is C18H28BFN2O2. The Bertz CT molecular complexity index is 585. The second-order valence-corrected chi connectivity index (χ2v) is 8.02. The number of benzene rings is 1. The highest BCUT2D eigenvalue weighted by Gasteiger charge is 2.51. The van der Waals surface area contributed by atoms with Crippen LogP contribution in [0.3, 0.4) is 0 Å². The van der Waals surface area contributed by atoms with Crippen LogP contribution >= 0.6 is 0 Å². The highest BCUT2D eigenvalue weighted by Crippen LogP contribution is 2.36. The van der Waals surface area contributed by atoms with E-state index in [0.29, 0.717) is 6.54 Å². The summed E-state index contributed by atoms with van der Waals surface area (Å²) in [7, 11) is 1.61. The van der Waals surface area contributed by atoms with E-state index in [1.165, 1.54) is 0 Å². The molecule has 2 heterocycles. The summed E-state index contributed by atoms with van der Waals surface area (Å²) < 4.78 is 26.6. The van der Waals surface area contributed by atoms with Gasteiger partial charge in [0, 0.05) is 38.3 Å². The number of piperazine rings is 1. The maximum Gasteiger partial charge on any atom is 0.494 e. The molecule has 0 spiro atoms. The second-order valence-electron chi connectivity index (χ2n) is 8.02. The monoisotopic (exact) mass is 334 g/mol. The van der Waals surface area contributed by atoms with Crippen molar-refractivity contribution in [1.82, 2.24) is 9.80 Å². The first-order valence-electron chi connectivity index (χ1n) is 8.73. The Hall–Kier alpha value is -0.945. The Morgan fingerprint density at radius 2 is 1.62 bits per heavy atom. The quantitative estimate of drug-likeness (QED) is 0.788. The molecule has 0 atom stereocenters. The van der Waals surface area contributed by atoms with E-state index in [-0.39, 0.29) is 5.82 Å². The van der Waals surface area contributed by atoms with Crippen LogP contribution in [0.2, 0.25) is 0 Å². The third-order valence-electron chi connectivity index (χ3n) is 5.59. The average molecular weight is 334 g/mol. The summed E-state index contributed by atoms with van der Waals surface area (Å²) >= 11 is 0. The van der Waals surface area contributed by atoms with Crippen molar-refractivity contribution < 1.29 is 13.7 Å². The van der Waals surface area contributed by atoms with Crippen molar-refractivity contribution in [3.05, 3.63) is 29.6 Å². The van der Waals surface area contributed by atoms with Crippen LogP contribution in [0.4, 0.5) is 4.39 Å². The number of likely N-dealkylation sites (N-methyl/N-ethyl adjacent to an activating group) is 1. The van der Waals surface area contributed by atoms with Crippen molar-refractivity contribution >= 4 is 12.6 Å². The minimum absolute atomic E-state index is 0.179. The number of nitrogens with zero attached hydrogens (tertiary/aromatic N) is 2. The molecule has 3 rings (SSSR count). The molecule has 0 aliphatic carbocycles. The first-order chi connectivity index (χ1) is 11.2. The molecule has 6 heteroatoms. The largest absolute Gasteiger partial charge is 0.494 e. The van der Waals surface area contributed by atoms with E-state index in [9.17, 15) is 4.39 Å². The molecule has 2 saturated heterocycles. The van der Waals surface area contributed by atoms with Gasteiger partial charge in [0.05, 0.1) is 11.2 Å². The van der Waals surface area contributed by atoms with E-state index in [1.54, 1.807) is 6.07 Å². The highest BCUT2D eigenvalue weighted by atomic mass is 19.1. The van der Waals surface area contributed by atoms with Gasteiger partial charge in [-0.3, -0.25) is 4.90 Å². The van der Waals surface area contributed by atoms with Gasteiger partial charge in [-0.05, 0) is 46.3 Å². The molecule has 0 amide bonds. The molecule has 4 nitrogen and oxygen atoms in total. The highest BCUT2D eigenvalue weighted by molar-refractivity contribution is 6.62.